The van der Waals surface area contributed by atoms with Crippen LogP contribution < -0.4 is 16.0 Å². The fourth-order valence-electron chi connectivity index (χ4n) is 3.52. The van der Waals surface area contributed by atoms with Crippen LogP contribution >= 0.6 is 0 Å². The summed E-state index contributed by atoms with van der Waals surface area (Å²) in [4.78, 5) is 38.1. The van der Waals surface area contributed by atoms with Gasteiger partial charge in [0.2, 0.25) is 17.7 Å². The zero-order valence-corrected chi connectivity index (χ0v) is 15.1. The second-order valence-electron chi connectivity index (χ2n) is 6.83. The Morgan fingerprint density at radius 3 is 2.43 bits per heavy atom. The Labute approximate surface area is 161 Å². The van der Waals surface area contributed by atoms with Crippen LogP contribution in [0.5, 0.6) is 0 Å². The van der Waals surface area contributed by atoms with E-state index in [0.717, 1.165) is 16.5 Å². The van der Waals surface area contributed by atoms with Gasteiger partial charge in [-0.3, -0.25) is 14.4 Å². The predicted molar refractivity (Wildman–Crippen MR) is 108 cm³/mol. The summed E-state index contributed by atoms with van der Waals surface area (Å²) < 4.78 is 0. The van der Waals surface area contributed by atoms with E-state index in [-0.39, 0.29) is 18.2 Å². The average Bonchev–Trinajstić information content (AvgIpc) is 3.09. The molecule has 1 unspecified atom stereocenters. The highest BCUT2D eigenvalue weighted by Crippen LogP contribution is 2.32. The largest absolute Gasteiger partial charge is 0.366 e. The van der Waals surface area contributed by atoms with Gasteiger partial charge in [-0.15, -0.1) is 0 Å². The van der Waals surface area contributed by atoms with Gasteiger partial charge < -0.3 is 16.0 Å². The second kappa shape index (κ2) is 7.15. The number of hydrogen-bond acceptors (Lipinski definition) is 3. The molecule has 0 bridgehead atoms. The monoisotopic (exact) mass is 373 g/mol. The van der Waals surface area contributed by atoms with Gasteiger partial charge in [0, 0.05) is 29.6 Å². The Hall–Kier alpha value is -3.67. The van der Waals surface area contributed by atoms with Crippen LogP contribution in [0.25, 0.3) is 10.8 Å². The van der Waals surface area contributed by atoms with Crippen molar-refractivity contribution in [3.8, 4) is 0 Å². The summed E-state index contributed by atoms with van der Waals surface area (Å²) in [7, 11) is 0. The number of fused-ring (bicyclic) bond motifs is 1. The van der Waals surface area contributed by atoms with E-state index in [2.05, 4.69) is 5.32 Å². The Bertz CT molecular complexity index is 1070. The molecular formula is C22H19N3O3. The molecule has 3 N–H and O–H groups in total. The number of rotatable bonds is 4. The minimum absolute atomic E-state index is 0.0689. The van der Waals surface area contributed by atoms with E-state index in [4.69, 9.17) is 5.73 Å². The molecule has 0 spiro atoms. The zero-order chi connectivity index (χ0) is 19.7. The highest BCUT2D eigenvalue weighted by molar-refractivity contribution is 6.08. The molecule has 3 amide bonds. The summed E-state index contributed by atoms with van der Waals surface area (Å²) in [5.74, 6) is -1.25. The number of hydrogen-bond donors (Lipinski definition) is 2. The lowest BCUT2D eigenvalue weighted by Crippen LogP contribution is -2.28. The molecule has 3 aromatic rings. The van der Waals surface area contributed by atoms with Gasteiger partial charge in [0.1, 0.15) is 0 Å². The minimum Gasteiger partial charge on any atom is -0.366 e. The first-order valence-electron chi connectivity index (χ1n) is 9.02. The molecule has 0 aromatic heterocycles. The first-order chi connectivity index (χ1) is 13.5. The Morgan fingerprint density at radius 1 is 0.964 bits per heavy atom. The van der Waals surface area contributed by atoms with Crippen LogP contribution in [0.15, 0.2) is 66.7 Å². The number of benzene rings is 3. The maximum atomic E-state index is 12.6. The summed E-state index contributed by atoms with van der Waals surface area (Å²) in [5, 5.41) is 4.85. The lowest BCUT2D eigenvalue weighted by molar-refractivity contribution is -0.122. The third-order valence-electron chi connectivity index (χ3n) is 4.99. The number of nitrogens with two attached hydrogens (primary N) is 1. The summed E-state index contributed by atoms with van der Waals surface area (Å²) in [6, 6.07) is 20.0. The number of anilines is 2. The van der Waals surface area contributed by atoms with Crippen LogP contribution in [0.4, 0.5) is 11.4 Å². The number of primary amides is 1. The molecule has 1 aliphatic heterocycles. The maximum absolute atomic E-state index is 12.6. The van der Waals surface area contributed by atoms with E-state index in [1.807, 2.05) is 42.5 Å². The van der Waals surface area contributed by atoms with Gasteiger partial charge in [-0.25, -0.2) is 0 Å². The van der Waals surface area contributed by atoms with Gasteiger partial charge in [0.05, 0.1) is 11.6 Å². The number of nitrogens with one attached hydrogen (secondary N) is 1. The molecule has 4 rings (SSSR count). The van der Waals surface area contributed by atoms with E-state index >= 15 is 0 Å². The molecular weight excluding hydrogens is 354 g/mol. The van der Waals surface area contributed by atoms with Gasteiger partial charge in [-0.05, 0) is 35.7 Å². The van der Waals surface area contributed by atoms with Crippen LogP contribution in [0, 0.1) is 5.92 Å². The van der Waals surface area contributed by atoms with Gasteiger partial charge in [-0.2, -0.15) is 0 Å². The van der Waals surface area contributed by atoms with E-state index in [9.17, 15) is 14.4 Å². The van der Waals surface area contributed by atoms with Crippen LogP contribution in [-0.2, 0) is 9.59 Å². The van der Waals surface area contributed by atoms with Crippen molar-refractivity contribution in [2.24, 2.45) is 11.7 Å². The molecule has 6 nitrogen and oxygen atoms in total. The molecule has 1 saturated heterocycles. The average molecular weight is 373 g/mol. The van der Waals surface area contributed by atoms with E-state index in [1.165, 1.54) is 0 Å². The molecule has 1 atom stereocenters. The van der Waals surface area contributed by atoms with Crippen molar-refractivity contribution in [3.05, 3.63) is 72.3 Å². The van der Waals surface area contributed by atoms with Gasteiger partial charge in [-0.1, -0.05) is 36.4 Å². The molecule has 1 heterocycles. The van der Waals surface area contributed by atoms with Crippen molar-refractivity contribution >= 4 is 39.9 Å². The fourth-order valence-corrected chi connectivity index (χ4v) is 3.52. The van der Waals surface area contributed by atoms with Crippen molar-refractivity contribution in [2.75, 3.05) is 16.8 Å². The van der Waals surface area contributed by atoms with Crippen LogP contribution in [0.1, 0.15) is 16.8 Å². The normalized spacial score (nSPS) is 16.4. The Morgan fingerprint density at radius 2 is 1.68 bits per heavy atom. The summed E-state index contributed by atoms with van der Waals surface area (Å²) in [5.41, 5.74) is 6.98. The Balaban J connectivity index is 1.51. The summed E-state index contributed by atoms with van der Waals surface area (Å²) in [6.07, 6.45) is 0.161. The molecule has 0 radical (unpaired) electrons. The first kappa shape index (κ1) is 17.7. The minimum atomic E-state index is -0.523. The number of carbonyl (C=O) groups excluding carboxylic acids is 3. The van der Waals surface area contributed by atoms with Crippen molar-refractivity contribution in [3.63, 3.8) is 0 Å². The zero-order valence-electron chi connectivity index (χ0n) is 15.1. The third kappa shape index (κ3) is 3.32. The van der Waals surface area contributed by atoms with Crippen molar-refractivity contribution < 1.29 is 14.4 Å². The van der Waals surface area contributed by atoms with E-state index < -0.39 is 11.8 Å². The number of nitrogens with zero attached hydrogens (tertiary/aromatic N) is 1. The summed E-state index contributed by atoms with van der Waals surface area (Å²) >= 11 is 0. The van der Waals surface area contributed by atoms with Crippen molar-refractivity contribution in [1.29, 1.82) is 0 Å². The summed E-state index contributed by atoms with van der Waals surface area (Å²) in [6.45, 7) is 0.331. The van der Waals surface area contributed by atoms with E-state index in [0.29, 0.717) is 17.8 Å². The quantitative estimate of drug-likeness (QED) is 0.736. The fraction of sp³-hybridized carbons (Fsp3) is 0.136. The molecule has 140 valence electrons. The molecule has 1 fully saturated rings. The van der Waals surface area contributed by atoms with Gasteiger partial charge in [0.15, 0.2) is 0 Å². The highest BCUT2D eigenvalue weighted by atomic mass is 16.2. The molecule has 1 aliphatic rings. The maximum Gasteiger partial charge on any atom is 0.248 e. The third-order valence-corrected chi connectivity index (χ3v) is 4.99. The molecule has 6 heteroatoms. The van der Waals surface area contributed by atoms with Gasteiger partial charge >= 0.3 is 0 Å². The second-order valence-corrected chi connectivity index (χ2v) is 6.83. The molecule has 3 aromatic carbocycles. The molecule has 0 saturated carbocycles. The number of amides is 3. The lowest BCUT2D eigenvalue weighted by Gasteiger charge is -2.19. The van der Waals surface area contributed by atoms with Crippen molar-refractivity contribution in [1.82, 2.24) is 0 Å². The van der Waals surface area contributed by atoms with E-state index in [1.54, 1.807) is 29.2 Å². The highest BCUT2D eigenvalue weighted by Gasteiger charge is 2.35. The van der Waals surface area contributed by atoms with Crippen LogP contribution in [0.3, 0.4) is 0 Å². The predicted octanol–water partition coefficient (Wildman–Crippen LogP) is 2.93. The number of carbonyl (C=O) groups is 3. The van der Waals surface area contributed by atoms with Gasteiger partial charge in [0.25, 0.3) is 0 Å². The standard InChI is InChI=1S/C22H19N3O3/c23-21(27)15-8-10-17(11-9-15)24-22(28)16-12-20(26)25(13-16)19-7-3-5-14-4-1-2-6-18(14)19/h1-11,16H,12-13H2,(H2,23,27)(H,24,28). The SMILES string of the molecule is NC(=O)c1ccc(NC(=O)C2CC(=O)N(c3cccc4ccccc34)C2)cc1. The smallest absolute Gasteiger partial charge is 0.248 e. The van der Waals surface area contributed by atoms with Crippen LogP contribution in [-0.4, -0.2) is 24.3 Å². The molecule has 0 aliphatic carbocycles. The first-order valence-corrected chi connectivity index (χ1v) is 9.02. The topological polar surface area (TPSA) is 92.5 Å². The lowest BCUT2D eigenvalue weighted by atomic mass is 10.1. The molecule has 28 heavy (non-hydrogen) atoms. The van der Waals surface area contributed by atoms with Crippen LogP contribution in [0.2, 0.25) is 0 Å². The van der Waals surface area contributed by atoms with Crippen molar-refractivity contribution in [2.45, 2.75) is 6.42 Å². The Kier molecular flexibility index (Phi) is 4.53.